The number of nitrogens with zero attached hydrogens (tertiary/aromatic N) is 1. The summed E-state index contributed by atoms with van der Waals surface area (Å²) in [7, 11) is -3.14. The van der Waals surface area contributed by atoms with Gasteiger partial charge in [-0.1, -0.05) is 6.42 Å². The third-order valence-electron chi connectivity index (χ3n) is 3.29. The SMILES string of the molecule is C[C@H]1CCCCN1CCS(=O)(=O)CCC(N)=O. The Balaban J connectivity index is 2.35. The van der Waals surface area contributed by atoms with Crippen LogP contribution in [0, 0.1) is 0 Å². The van der Waals surface area contributed by atoms with Crippen molar-refractivity contribution in [3.05, 3.63) is 0 Å². The molecule has 5 nitrogen and oxygen atoms in total. The molecule has 0 spiro atoms. The summed E-state index contributed by atoms with van der Waals surface area (Å²) in [6.07, 6.45) is 3.44. The normalized spacial score (nSPS) is 22.5. The Morgan fingerprint density at radius 2 is 2.06 bits per heavy atom. The number of primary amides is 1. The second kappa shape index (κ2) is 6.35. The molecule has 0 bridgehead atoms. The van der Waals surface area contributed by atoms with Crippen molar-refractivity contribution in [1.82, 2.24) is 4.90 Å². The summed E-state index contributed by atoms with van der Waals surface area (Å²) >= 11 is 0. The van der Waals surface area contributed by atoms with Gasteiger partial charge in [0.05, 0.1) is 11.5 Å². The van der Waals surface area contributed by atoms with Gasteiger partial charge in [-0.3, -0.25) is 9.69 Å². The first-order valence-corrected chi connectivity index (χ1v) is 7.95. The molecule has 1 rings (SSSR count). The predicted molar refractivity (Wildman–Crippen MR) is 67.4 cm³/mol. The van der Waals surface area contributed by atoms with Crippen molar-refractivity contribution in [3.63, 3.8) is 0 Å². The summed E-state index contributed by atoms with van der Waals surface area (Å²) in [5.41, 5.74) is 4.95. The van der Waals surface area contributed by atoms with Gasteiger partial charge in [-0.2, -0.15) is 0 Å². The zero-order valence-electron chi connectivity index (χ0n) is 10.4. The molecule has 6 heteroatoms. The second-order valence-corrected chi connectivity index (χ2v) is 7.05. The Morgan fingerprint density at radius 3 is 2.65 bits per heavy atom. The minimum atomic E-state index is -3.14. The van der Waals surface area contributed by atoms with Crippen molar-refractivity contribution in [3.8, 4) is 0 Å². The van der Waals surface area contributed by atoms with Gasteiger partial charge in [0, 0.05) is 19.0 Å². The molecule has 1 aliphatic rings. The van der Waals surface area contributed by atoms with E-state index in [1.165, 1.54) is 6.42 Å². The monoisotopic (exact) mass is 262 g/mol. The highest BCUT2D eigenvalue weighted by Crippen LogP contribution is 2.16. The maximum absolute atomic E-state index is 11.6. The maximum Gasteiger partial charge on any atom is 0.218 e. The van der Waals surface area contributed by atoms with E-state index in [1.54, 1.807) is 0 Å². The van der Waals surface area contributed by atoms with Gasteiger partial charge < -0.3 is 5.73 Å². The molecule has 0 aromatic heterocycles. The first-order valence-electron chi connectivity index (χ1n) is 6.13. The summed E-state index contributed by atoms with van der Waals surface area (Å²) in [4.78, 5) is 12.8. The lowest BCUT2D eigenvalue weighted by Gasteiger charge is -2.33. The lowest BCUT2D eigenvalue weighted by Crippen LogP contribution is -2.40. The average molecular weight is 262 g/mol. The number of amides is 1. The van der Waals surface area contributed by atoms with Gasteiger partial charge in [0.2, 0.25) is 5.91 Å². The minimum absolute atomic E-state index is 0.0715. The fourth-order valence-corrected chi connectivity index (χ4v) is 3.33. The van der Waals surface area contributed by atoms with E-state index in [4.69, 9.17) is 5.73 Å². The molecule has 0 radical (unpaired) electrons. The molecule has 0 unspecified atom stereocenters. The second-order valence-electron chi connectivity index (χ2n) is 4.75. The van der Waals surface area contributed by atoms with E-state index >= 15 is 0 Å². The van der Waals surface area contributed by atoms with E-state index < -0.39 is 15.7 Å². The van der Waals surface area contributed by atoms with E-state index in [-0.39, 0.29) is 17.9 Å². The molecule has 1 fully saturated rings. The largest absolute Gasteiger partial charge is 0.370 e. The standard InChI is InChI=1S/C11H22N2O3S/c1-10-4-2-3-6-13(10)7-9-17(15,16)8-5-11(12)14/h10H,2-9H2,1H3,(H2,12,14)/t10-/m0/s1. The van der Waals surface area contributed by atoms with Crippen LogP contribution in [0.5, 0.6) is 0 Å². The Labute approximate surface area is 103 Å². The van der Waals surface area contributed by atoms with Crippen LogP contribution in [0.2, 0.25) is 0 Å². The van der Waals surface area contributed by atoms with E-state index in [2.05, 4.69) is 11.8 Å². The van der Waals surface area contributed by atoms with Gasteiger partial charge >= 0.3 is 0 Å². The van der Waals surface area contributed by atoms with Crippen LogP contribution in [0.4, 0.5) is 0 Å². The molecule has 1 heterocycles. The zero-order chi connectivity index (χ0) is 12.9. The lowest BCUT2D eigenvalue weighted by atomic mass is 10.0. The fraction of sp³-hybridized carbons (Fsp3) is 0.909. The summed E-state index contributed by atoms with van der Waals surface area (Å²) < 4.78 is 23.3. The Bertz CT molecular complexity index is 354. The highest BCUT2D eigenvalue weighted by Gasteiger charge is 2.20. The Morgan fingerprint density at radius 1 is 1.35 bits per heavy atom. The fourth-order valence-electron chi connectivity index (χ4n) is 2.10. The van der Waals surface area contributed by atoms with Crippen molar-refractivity contribution >= 4 is 15.7 Å². The van der Waals surface area contributed by atoms with Crippen LogP contribution in [-0.4, -0.2) is 49.9 Å². The maximum atomic E-state index is 11.6. The molecule has 17 heavy (non-hydrogen) atoms. The zero-order valence-corrected chi connectivity index (χ0v) is 11.2. The van der Waals surface area contributed by atoms with Crippen molar-refractivity contribution in [1.29, 1.82) is 0 Å². The molecule has 1 aliphatic heterocycles. The molecule has 1 atom stereocenters. The first-order chi connectivity index (χ1) is 7.91. The number of hydrogen-bond donors (Lipinski definition) is 1. The molecule has 0 aromatic carbocycles. The Kier molecular flexibility index (Phi) is 5.39. The molecule has 0 aliphatic carbocycles. The molecule has 1 saturated heterocycles. The summed E-state index contributed by atoms with van der Waals surface area (Å²) in [5, 5.41) is 0. The number of likely N-dealkylation sites (tertiary alicyclic amines) is 1. The molecular formula is C11H22N2O3S. The van der Waals surface area contributed by atoms with Crippen LogP contribution in [0.1, 0.15) is 32.6 Å². The smallest absolute Gasteiger partial charge is 0.218 e. The number of sulfone groups is 1. The summed E-state index contributed by atoms with van der Waals surface area (Å²) in [6, 6.07) is 0.468. The topological polar surface area (TPSA) is 80.5 Å². The van der Waals surface area contributed by atoms with Gasteiger partial charge in [0.1, 0.15) is 0 Å². The predicted octanol–water partition coefficient (Wildman–Crippen LogP) is 0.151. The van der Waals surface area contributed by atoms with E-state index in [0.717, 1.165) is 19.4 Å². The van der Waals surface area contributed by atoms with Crippen molar-refractivity contribution in [2.24, 2.45) is 5.73 Å². The van der Waals surface area contributed by atoms with E-state index in [9.17, 15) is 13.2 Å². The highest BCUT2D eigenvalue weighted by atomic mass is 32.2. The van der Waals surface area contributed by atoms with Crippen LogP contribution in [0.25, 0.3) is 0 Å². The van der Waals surface area contributed by atoms with Gasteiger partial charge in [-0.05, 0) is 26.3 Å². The number of nitrogens with two attached hydrogens (primary N) is 1. The van der Waals surface area contributed by atoms with E-state index in [1.807, 2.05) is 0 Å². The molecular weight excluding hydrogens is 240 g/mol. The van der Waals surface area contributed by atoms with Crippen molar-refractivity contribution in [2.45, 2.75) is 38.6 Å². The molecule has 0 aromatic rings. The van der Waals surface area contributed by atoms with Crippen molar-refractivity contribution in [2.75, 3.05) is 24.6 Å². The average Bonchev–Trinajstić information content (AvgIpc) is 2.26. The lowest BCUT2D eigenvalue weighted by molar-refractivity contribution is -0.117. The third-order valence-corrected chi connectivity index (χ3v) is 4.92. The molecule has 100 valence electrons. The first kappa shape index (κ1) is 14.4. The number of carbonyl (C=O) groups excluding carboxylic acids is 1. The van der Waals surface area contributed by atoms with Gasteiger partial charge in [0.15, 0.2) is 9.84 Å². The quantitative estimate of drug-likeness (QED) is 0.739. The van der Waals surface area contributed by atoms with Gasteiger partial charge in [-0.15, -0.1) is 0 Å². The number of carbonyl (C=O) groups is 1. The summed E-state index contributed by atoms with van der Waals surface area (Å²) in [6.45, 7) is 3.68. The van der Waals surface area contributed by atoms with Crippen LogP contribution in [-0.2, 0) is 14.6 Å². The van der Waals surface area contributed by atoms with Crippen LogP contribution < -0.4 is 5.73 Å². The third kappa shape index (κ3) is 5.50. The van der Waals surface area contributed by atoms with Crippen LogP contribution in [0.15, 0.2) is 0 Å². The van der Waals surface area contributed by atoms with Crippen LogP contribution in [0.3, 0.4) is 0 Å². The molecule has 0 saturated carbocycles. The molecule has 2 N–H and O–H groups in total. The summed E-state index contributed by atoms with van der Waals surface area (Å²) in [5.74, 6) is -0.547. The van der Waals surface area contributed by atoms with Crippen LogP contribution >= 0.6 is 0 Å². The highest BCUT2D eigenvalue weighted by molar-refractivity contribution is 7.91. The minimum Gasteiger partial charge on any atom is -0.370 e. The number of hydrogen-bond acceptors (Lipinski definition) is 4. The molecule has 1 amide bonds. The van der Waals surface area contributed by atoms with Gasteiger partial charge in [0.25, 0.3) is 0 Å². The Hall–Kier alpha value is -0.620. The number of rotatable bonds is 6. The van der Waals surface area contributed by atoms with Gasteiger partial charge in [-0.25, -0.2) is 8.42 Å². The number of piperidine rings is 1. The van der Waals surface area contributed by atoms with Crippen molar-refractivity contribution < 1.29 is 13.2 Å². The van der Waals surface area contributed by atoms with E-state index in [0.29, 0.717) is 12.6 Å².